The van der Waals surface area contributed by atoms with E-state index in [1.165, 1.54) is 7.11 Å². The van der Waals surface area contributed by atoms with Crippen molar-refractivity contribution in [3.8, 4) is 11.5 Å². The van der Waals surface area contributed by atoms with Gasteiger partial charge in [-0.25, -0.2) is 4.98 Å². The number of hydrogen-bond donors (Lipinski definition) is 2. The Morgan fingerprint density at radius 3 is 2.61 bits per heavy atom. The van der Waals surface area contributed by atoms with Crippen LogP contribution < -0.4 is 15.0 Å². The Balaban J connectivity index is 1.97. The minimum atomic E-state index is -0.203. The second-order valence-corrected chi connectivity index (χ2v) is 5.66. The van der Waals surface area contributed by atoms with Crippen molar-refractivity contribution in [3.63, 3.8) is 0 Å². The first kappa shape index (κ1) is 15.8. The number of methoxy groups -OCH3 is 2. The van der Waals surface area contributed by atoms with Gasteiger partial charge in [-0.15, -0.1) is 0 Å². The fourth-order valence-electron chi connectivity index (χ4n) is 2.74. The molecule has 1 aliphatic carbocycles. The molecule has 0 radical (unpaired) electrons. The van der Waals surface area contributed by atoms with Gasteiger partial charge in [0.25, 0.3) is 5.56 Å². The number of ether oxygens (including phenoxy) is 2. The summed E-state index contributed by atoms with van der Waals surface area (Å²) >= 11 is 0. The van der Waals surface area contributed by atoms with Crippen molar-refractivity contribution in [2.45, 2.75) is 25.4 Å². The van der Waals surface area contributed by atoms with Gasteiger partial charge in [-0.2, -0.15) is 0 Å². The molecule has 2 aromatic rings. The van der Waals surface area contributed by atoms with Crippen molar-refractivity contribution in [1.29, 1.82) is 0 Å². The Morgan fingerprint density at radius 2 is 2.00 bits per heavy atom. The van der Waals surface area contributed by atoms with E-state index in [1.54, 1.807) is 19.2 Å². The Morgan fingerprint density at radius 1 is 1.30 bits per heavy atom. The number of fused-ring (bicyclic) bond motifs is 1. The average molecular weight is 319 g/mol. The first-order valence-corrected chi connectivity index (χ1v) is 7.66. The molecule has 2 N–H and O–H groups in total. The van der Waals surface area contributed by atoms with Gasteiger partial charge in [-0.05, 0) is 18.9 Å². The summed E-state index contributed by atoms with van der Waals surface area (Å²) in [6.07, 6.45) is 2.26. The van der Waals surface area contributed by atoms with Crippen LogP contribution in [0, 0.1) is 0 Å². The zero-order chi connectivity index (χ0) is 16.4. The van der Waals surface area contributed by atoms with E-state index < -0.39 is 0 Å². The van der Waals surface area contributed by atoms with Crippen LogP contribution in [0.25, 0.3) is 10.9 Å². The second-order valence-electron chi connectivity index (χ2n) is 5.66. The Hall–Kier alpha value is -2.12. The van der Waals surface area contributed by atoms with E-state index in [0.717, 1.165) is 12.8 Å². The number of aromatic amines is 1. The van der Waals surface area contributed by atoms with Crippen molar-refractivity contribution in [2.75, 3.05) is 27.4 Å². The third kappa shape index (κ3) is 3.30. The van der Waals surface area contributed by atoms with E-state index in [4.69, 9.17) is 9.47 Å². The van der Waals surface area contributed by atoms with Crippen LogP contribution in [-0.4, -0.2) is 53.4 Å². The summed E-state index contributed by atoms with van der Waals surface area (Å²) < 4.78 is 10.5. The maximum Gasteiger partial charge on any atom is 0.258 e. The number of benzene rings is 1. The lowest BCUT2D eigenvalue weighted by atomic mass is 10.2. The fourth-order valence-corrected chi connectivity index (χ4v) is 2.74. The fraction of sp³-hybridized carbons (Fsp3) is 0.500. The molecule has 0 spiro atoms. The molecule has 0 saturated heterocycles. The van der Waals surface area contributed by atoms with E-state index in [-0.39, 0.29) is 12.2 Å². The molecule has 1 aliphatic rings. The van der Waals surface area contributed by atoms with E-state index in [2.05, 4.69) is 14.9 Å². The Kier molecular flexibility index (Phi) is 4.49. The number of aromatic nitrogens is 2. The van der Waals surface area contributed by atoms with Crippen LogP contribution in [0.2, 0.25) is 0 Å². The van der Waals surface area contributed by atoms with Gasteiger partial charge in [0.15, 0.2) is 11.5 Å². The summed E-state index contributed by atoms with van der Waals surface area (Å²) in [6.45, 7) is 1.20. The van der Waals surface area contributed by atoms with Gasteiger partial charge in [-0.1, -0.05) is 0 Å². The van der Waals surface area contributed by atoms with Crippen LogP contribution >= 0.6 is 0 Å². The smallest absolute Gasteiger partial charge is 0.258 e. The van der Waals surface area contributed by atoms with Gasteiger partial charge in [0.2, 0.25) is 0 Å². The van der Waals surface area contributed by atoms with Crippen molar-refractivity contribution in [2.24, 2.45) is 0 Å². The molecule has 3 rings (SSSR count). The zero-order valence-electron chi connectivity index (χ0n) is 13.3. The zero-order valence-corrected chi connectivity index (χ0v) is 13.3. The Bertz CT molecular complexity index is 755. The minimum absolute atomic E-state index is 0.0966. The lowest BCUT2D eigenvalue weighted by molar-refractivity contribution is 0.180. The van der Waals surface area contributed by atoms with Gasteiger partial charge < -0.3 is 19.6 Å². The maximum absolute atomic E-state index is 12.3. The van der Waals surface area contributed by atoms with Gasteiger partial charge in [0, 0.05) is 18.7 Å². The normalized spacial score (nSPS) is 14.4. The highest BCUT2D eigenvalue weighted by atomic mass is 16.5. The molecule has 0 atom stereocenters. The summed E-state index contributed by atoms with van der Waals surface area (Å²) in [7, 11) is 3.08. The molecule has 124 valence electrons. The number of rotatable bonds is 7. The molecule has 0 aliphatic heterocycles. The largest absolute Gasteiger partial charge is 0.493 e. The predicted octanol–water partition coefficient (Wildman–Crippen LogP) is 0.897. The standard InChI is InChI=1S/C16H21N3O4/c1-22-13-7-11-12(8-14(13)23-2)17-15(18-16(11)21)9-19(5-6-20)10-3-4-10/h7-8,10,20H,3-6,9H2,1-2H3,(H,17,18,21). The molecule has 1 aromatic carbocycles. The third-order valence-electron chi connectivity index (χ3n) is 4.06. The van der Waals surface area contributed by atoms with Crippen LogP contribution in [0.15, 0.2) is 16.9 Å². The quantitative estimate of drug-likeness (QED) is 0.788. The average Bonchev–Trinajstić information content (AvgIpc) is 3.38. The maximum atomic E-state index is 12.3. The van der Waals surface area contributed by atoms with E-state index >= 15 is 0 Å². The molecule has 0 bridgehead atoms. The number of nitrogens with zero attached hydrogens (tertiary/aromatic N) is 2. The highest BCUT2D eigenvalue weighted by Crippen LogP contribution is 2.30. The summed E-state index contributed by atoms with van der Waals surface area (Å²) in [5, 5.41) is 9.64. The van der Waals surface area contributed by atoms with Crippen molar-refractivity contribution in [1.82, 2.24) is 14.9 Å². The summed E-state index contributed by atoms with van der Waals surface area (Å²) in [6, 6.07) is 3.82. The van der Waals surface area contributed by atoms with Gasteiger partial charge in [0.05, 0.1) is 38.3 Å². The van der Waals surface area contributed by atoms with Crippen molar-refractivity contribution < 1.29 is 14.6 Å². The predicted molar refractivity (Wildman–Crippen MR) is 86.0 cm³/mol. The molecule has 1 saturated carbocycles. The second kappa shape index (κ2) is 6.55. The van der Waals surface area contributed by atoms with Crippen molar-refractivity contribution in [3.05, 3.63) is 28.3 Å². The summed E-state index contributed by atoms with van der Waals surface area (Å²) in [4.78, 5) is 21.8. The van der Waals surface area contributed by atoms with Crippen LogP contribution in [0.4, 0.5) is 0 Å². The number of hydrogen-bond acceptors (Lipinski definition) is 6. The molecule has 1 heterocycles. The number of aliphatic hydroxyl groups excluding tert-OH is 1. The van der Waals surface area contributed by atoms with Gasteiger partial charge in [0.1, 0.15) is 5.82 Å². The lowest BCUT2D eigenvalue weighted by Crippen LogP contribution is -2.30. The topological polar surface area (TPSA) is 87.7 Å². The van der Waals surface area contributed by atoms with Gasteiger partial charge in [-0.3, -0.25) is 9.69 Å². The molecule has 7 nitrogen and oxygen atoms in total. The molecule has 0 unspecified atom stereocenters. The number of aliphatic hydroxyl groups is 1. The molecule has 1 fully saturated rings. The van der Waals surface area contributed by atoms with Crippen LogP contribution in [0.5, 0.6) is 11.5 Å². The first-order valence-electron chi connectivity index (χ1n) is 7.66. The molecule has 7 heteroatoms. The summed E-state index contributed by atoms with van der Waals surface area (Å²) in [5.74, 6) is 1.63. The minimum Gasteiger partial charge on any atom is -0.493 e. The van der Waals surface area contributed by atoms with E-state index in [1.807, 2.05) is 0 Å². The van der Waals surface area contributed by atoms with E-state index in [9.17, 15) is 9.90 Å². The number of H-pyrrole nitrogens is 1. The molecular weight excluding hydrogens is 298 g/mol. The molecular formula is C16H21N3O4. The van der Waals surface area contributed by atoms with Crippen molar-refractivity contribution >= 4 is 10.9 Å². The van der Waals surface area contributed by atoms with Crippen LogP contribution in [0.3, 0.4) is 0 Å². The monoisotopic (exact) mass is 319 g/mol. The van der Waals surface area contributed by atoms with Gasteiger partial charge >= 0.3 is 0 Å². The Labute approximate surface area is 133 Å². The molecule has 1 aromatic heterocycles. The lowest BCUT2D eigenvalue weighted by Gasteiger charge is -2.20. The van der Waals surface area contributed by atoms with E-state index in [0.29, 0.717) is 47.4 Å². The van der Waals surface area contributed by atoms with Crippen LogP contribution in [-0.2, 0) is 6.54 Å². The first-order chi connectivity index (χ1) is 11.2. The third-order valence-corrected chi connectivity index (χ3v) is 4.06. The highest BCUT2D eigenvalue weighted by molar-refractivity contribution is 5.81. The SMILES string of the molecule is COc1cc2nc(CN(CCO)C3CC3)[nH]c(=O)c2cc1OC. The highest BCUT2D eigenvalue weighted by Gasteiger charge is 2.29. The molecule has 0 amide bonds. The van der Waals surface area contributed by atoms with Crippen LogP contribution in [0.1, 0.15) is 18.7 Å². The molecule has 23 heavy (non-hydrogen) atoms. The summed E-state index contributed by atoms with van der Waals surface area (Å²) in [5.41, 5.74) is 0.367. The number of nitrogens with one attached hydrogen (secondary N) is 1.